The van der Waals surface area contributed by atoms with Crippen LogP contribution in [0.2, 0.25) is 5.02 Å². The van der Waals surface area contributed by atoms with Gasteiger partial charge in [0.25, 0.3) is 5.91 Å². The molecule has 9 heteroatoms. The number of nitrogen functional groups attached to an aromatic ring is 1. The lowest BCUT2D eigenvalue weighted by atomic mass is 10.1. The minimum Gasteiger partial charge on any atom is -0.480 e. The summed E-state index contributed by atoms with van der Waals surface area (Å²) in [5.41, 5.74) is 5.31. The van der Waals surface area contributed by atoms with E-state index in [4.69, 9.17) is 22.4 Å². The standard InChI is InChI=1S/C11H10ClF3N2O3/c12-7-1-6(2-8(16)3-7)10(20)17(4-9(18)19)5-11(13,14)15/h1-3H,4-5,16H2,(H,18,19). The highest BCUT2D eigenvalue weighted by atomic mass is 35.5. The number of amides is 1. The van der Waals surface area contributed by atoms with Crippen molar-refractivity contribution in [1.82, 2.24) is 4.90 Å². The van der Waals surface area contributed by atoms with Crippen LogP contribution in [0, 0.1) is 0 Å². The van der Waals surface area contributed by atoms with Gasteiger partial charge in [-0.15, -0.1) is 0 Å². The van der Waals surface area contributed by atoms with E-state index in [0.29, 0.717) is 0 Å². The maximum Gasteiger partial charge on any atom is 0.406 e. The van der Waals surface area contributed by atoms with Crippen LogP contribution in [0.3, 0.4) is 0 Å². The summed E-state index contributed by atoms with van der Waals surface area (Å²) in [7, 11) is 0. The monoisotopic (exact) mass is 310 g/mol. The summed E-state index contributed by atoms with van der Waals surface area (Å²) in [5.74, 6) is -2.67. The molecule has 20 heavy (non-hydrogen) atoms. The van der Waals surface area contributed by atoms with Gasteiger partial charge < -0.3 is 15.7 Å². The lowest BCUT2D eigenvalue weighted by molar-refractivity contribution is -0.149. The highest BCUT2D eigenvalue weighted by molar-refractivity contribution is 6.31. The molecular weight excluding hydrogens is 301 g/mol. The second-order valence-corrected chi connectivity index (χ2v) is 4.38. The Kier molecular flexibility index (Phi) is 4.83. The van der Waals surface area contributed by atoms with E-state index >= 15 is 0 Å². The Balaban J connectivity index is 3.06. The van der Waals surface area contributed by atoms with Crippen molar-refractivity contribution in [3.05, 3.63) is 28.8 Å². The second kappa shape index (κ2) is 6.00. The Hall–Kier alpha value is -1.96. The molecule has 1 amide bonds. The van der Waals surface area contributed by atoms with E-state index in [0.717, 1.165) is 12.1 Å². The SMILES string of the molecule is Nc1cc(Cl)cc(C(=O)N(CC(=O)O)CC(F)(F)F)c1. The van der Waals surface area contributed by atoms with Crippen molar-refractivity contribution in [2.45, 2.75) is 6.18 Å². The Bertz CT molecular complexity index is 514. The third kappa shape index (κ3) is 4.96. The number of carbonyl (C=O) groups is 2. The average Bonchev–Trinajstić information content (AvgIpc) is 2.23. The molecule has 0 saturated heterocycles. The summed E-state index contributed by atoms with van der Waals surface area (Å²) >= 11 is 5.65. The van der Waals surface area contributed by atoms with E-state index in [1.165, 1.54) is 6.07 Å². The molecule has 0 aliphatic heterocycles. The first-order valence-electron chi connectivity index (χ1n) is 5.22. The van der Waals surface area contributed by atoms with Gasteiger partial charge in [-0.3, -0.25) is 9.59 Å². The number of anilines is 1. The van der Waals surface area contributed by atoms with E-state index in [2.05, 4.69) is 0 Å². The van der Waals surface area contributed by atoms with Gasteiger partial charge in [0.05, 0.1) is 0 Å². The zero-order valence-corrected chi connectivity index (χ0v) is 10.7. The third-order valence-corrected chi connectivity index (χ3v) is 2.37. The molecule has 0 aliphatic rings. The maximum absolute atomic E-state index is 12.4. The predicted octanol–water partition coefficient (Wildman–Crippen LogP) is 2.01. The number of benzene rings is 1. The smallest absolute Gasteiger partial charge is 0.406 e. The average molecular weight is 311 g/mol. The van der Waals surface area contributed by atoms with Crippen LogP contribution in [0.5, 0.6) is 0 Å². The van der Waals surface area contributed by atoms with Crippen LogP contribution in [0.4, 0.5) is 18.9 Å². The van der Waals surface area contributed by atoms with Gasteiger partial charge in [0, 0.05) is 16.3 Å². The first-order chi connectivity index (χ1) is 9.08. The molecule has 0 aromatic heterocycles. The number of halogens is 4. The van der Waals surface area contributed by atoms with Crippen LogP contribution in [0.15, 0.2) is 18.2 Å². The number of aliphatic carboxylic acids is 1. The van der Waals surface area contributed by atoms with Crippen molar-refractivity contribution in [3.63, 3.8) is 0 Å². The van der Waals surface area contributed by atoms with Crippen LogP contribution >= 0.6 is 11.6 Å². The molecule has 1 aromatic carbocycles. The zero-order valence-electron chi connectivity index (χ0n) is 9.95. The summed E-state index contributed by atoms with van der Waals surface area (Å²) in [5, 5.41) is 8.64. The number of rotatable bonds is 4. The van der Waals surface area contributed by atoms with Crippen molar-refractivity contribution < 1.29 is 27.9 Å². The Morgan fingerprint density at radius 1 is 1.30 bits per heavy atom. The molecule has 3 N–H and O–H groups in total. The van der Waals surface area contributed by atoms with Gasteiger partial charge in [0.1, 0.15) is 13.1 Å². The molecule has 0 fully saturated rings. The van der Waals surface area contributed by atoms with Crippen LogP contribution in [0.1, 0.15) is 10.4 Å². The molecule has 1 aromatic rings. The van der Waals surface area contributed by atoms with Crippen molar-refractivity contribution in [3.8, 4) is 0 Å². The van der Waals surface area contributed by atoms with E-state index in [1.54, 1.807) is 0 Å². The Morgan fingerprint density at radius 2 is 1.90 bits per heavy atom. The fraction of sp³-hybridized carbons (Fsp3) is 0.273. The van der Waals surface area contributed by atoms with Crippen molar-refractivity contribution in [2.75, 3.05) is 18.8 Å². The summed E-state index contributed by atoms with van der Waals surface area (Å²) in [6.45, 7) is -2.75. The van der Waals surface area contributed by atoms with E-state index < -0.39 is 31.1 Å². The fourth-order valence-corrected chi connectivity index (χ4v) is 1.74. The highest BCUT2D eigenvalue weighted by Crippen LogP contribution is 2.21. The molecule has 0 saturated carbocycles. The van der Waals surface area contributed by atoms with E-state index in [-0.39, 0.29) is 21.2 Å². The largest absolute Gasteiger partial charge is 0.480 e. The third-order valence-electron chi connectivity index (χ3n) is 2.15. The first-order valence-corrected chi connectivity index (χ1v) is 5.60. The van der Waals surface area contributed by atoms with Crippen LogP contribution < -0.4 is 5.73 Å². The molecule has 0 aliphatic carbocycles. The molecule has 1 rings (SSSR count). The second-order valence-electron chi connectivity index (χ2n) is 3.94. The molecule has 0 unspecified atom stereocenters. The number of alkyl halides is 3. The van der Waals surface area contributed by atoms with Crippen LogP contribution in [-0.2, 0) is 4.79 Å². The normalized spacial score (nSPS) is 11.2. The summed E-state index contributed by atoms with van der Waals surface area (Å²) in [6, 6.07) is 3.55. The molecule has 0 spiro atoms. The molecule has 5 nitrogen and oxygen atoms in total. The van der Waals surface area contributed by atoms with Gasteiger partial charge in [0.15, 0.2) is 0 Å². The van der Waals surface area contributed by atoms with Crippen LogP contribution in [0.25, 0.3) is 0 Å². The van der Waals surface area contributed by atoms with Gasteiger partial charge >= 0.3 is 12.1 Å². The Labute approximate surface area is 116 Å². The van der Waals surface area contributed by atoms with E-state index in [1.807, 2.05) is 0 Å². The number of hydrogen-bond acceptors (Lipinski definition) is 3. The van der Waals surface area contributed by atoms with Crippen molar-refractivity contribution in [1.29, 1.82) is 0 Å². The van der Waals surface area contributed by atoms with Crippen LogP contribution in [-0.4, -0.2) is 41.1 Å². The number of nitrogens with zero attached hydrogens (tertiary/aromatic N) is 1. The number of carbonyl (C=O) groups excluding carboxylic acids is 1. The summed E-state index contributed by atoms with van der Waals surface area (Å²) in [6.07, 6.45) is -4.71. The van der Waals surface area contributed by atoms with Gasteiger partial charge in [-0.05, 0) is 18.2 Å². The zero-order chi connectivity index (χ0) is 15.5. The lowest BCUT2D eigenvalue weighted by Gasteiger charge is -2.22. The van der Waals surface area contributed by atoms with E-state index in [9.17, 15) is 22.8 Å². The van der Waals surface area contributed by atoms with Gasteiger partial charge in [0.2, 0.25) is 0 Å². The molecule has 0 bridgehead atoms. The van der Waals surface area contributed by atoms with Crippen molar-refractivity contribution in [2.24, 2.45) is 0 Å². The number of nitrogens with two attached hydrogens (primary N) is 1. The fourth-order valence-electron chi connectivity index (χ4n) is 1.50. The van der Waals surface area contributed by atoms with Gasteiger partial charge in [-0.25, -0.2) is 0 Å². The Morgan fingerprint density at radius 3 is 2.35 bits per heavy atom. The van der Waals surface area contributed by atoms with Gasteiger partial charge in [-0.2, -0.15) is 13.2 Å². The molecule has 110 valence electrons. The quantitative estimate of drug-likeness (QED) is 0.833. The lowest BCUT2D eigenvalue weighted by Crippen LogP contribution is -2.42. The van der Waals surface area contributed by atoms with Crippen molar-refractivity contribution >= 4 is 29.2 Å². The summed E-state index contributed by atoms with van der Waals surface area (Å²) in [4.78, 5) is 22.6. The topological polar surface area (TPSA) is 83.6 Å². The molecule has 0 atom stereocenters. The molecule has 0 radical (unpaired) electrons. The number of hydrogen-bond donors (Lipinski definition) is 2. The molecular formula is C11H10ClF3N2O3. The highest BCUT2D eigenvalue weighted by Gasteiger charge is 2.34. The minimum atomic E-state index is -4.71. The molecule has 0 heterocycles. The number of carboxylic acids is 1. The van der Waals surface area contributed by atoms with Gasteiger partial charge in [-0.1, -0.05) is 11.6 Å². The predicted molar refractivity (Wildman–Crippen MR) is 65.5 cm³/mol. The minimum absolute atomic E-state index is 0.0654. The maximum atomic E-state index is 12.4. The first kappa shape index (κ1) is 16.1. The summed E-state index contributed by atoms with van der Waals surface area (Å²) < 4.78 is 37.1. The number of carboxylic acid groups (broad SMARTS) is 1.